The zero-order valence-electron chi connectivity index (χ0n) is 16.9. The second kappa shape index (κ2) is 9.07. The molecule has 4 aromatic rings. The van der Waals surface area contributed by atoms with Gasteiger partial charge in [-0.3, -0.25) is 15.1 Å². The second-order valence-electron chi connectivity index (χ2n) is 7.00. The SMILES string of the molecule is COC(=O)[C@@H](Cc1c[nH]c2ccccc12)N=Cc1ccc(-c2cc([N+](=O)[O-])ccc2Cl)o1. The molecular formula is C23H18ClN3O5. The van der Waals surface area contributed by atoms with Crippen molar-refractivity contribution < 1.29 is 18.9 Å². The Hall–Kier alpha value is -3.91. The highest BCUT2D eigenvalue weighted by molar-refractivity contribution is 6.33. The summed E-state index contributed by atoms with van der Waals surface area (Å²) in [5.41, 5.74) is 2.21. The number of ether oxygens (including phenoxy) is 1. The number of carbonyl (C=O) groups is 1. The van der Waals surface area contributed by atoms with Crippen LogP contribution in [0, 0.1) is 10.1 Å². The van der Waals surface area contributed by atoms with Gasteiger partial charge in [0.2, 0.25) is 0 Å². The van der Waals surface area contributed by atoms with Crippen molar-refractivity contribution in [3.05, 3.63) is 87.3 Å². The van der Waals surface area contributed by atoms with Crippen LogP contribution >= 0.6 is 11.6 Å². The summed E-state index contributed by atoms with van der Waals surface area (Å²) in [7, 11) is 1.31. The number of aliphatic imine (C=N–C) groups is 1. The van der Waals surface area contributed by atoms with E-state index in [4.69, 9.17) is 20.8 Å². The molecule has 0 saturated carbocycles. The van der Waals surface area contributed by atoms with Crippen LogP contribution in [-0.4, -0.2) is 35.2 Å². The highest BCUT2D eigenvalue weighted by atomic mass is 35.5. The number of esters is 1. The number of methoxy groups -OCH3 is 1. The van der Waals surface area contributed by atoms with Crippen LogP contribution in [0.1, 0.15) is 11.3 Å². The molecule has 2 heterocycles. The van der Waals surface area contributed by atoms with E-state index in [-0.39, 0.29) is 5.69 Å². The Morgan fingerprint density at radius 1 is 1.28 bits per heavy atom. The lowest BCUT2D eigenvalue weighted by atomic mass is 10.1. The number of H-pyrrole nitrogens is 1. The van der Waals surface area contributed by atoms with Gasteiger partial charge in [-0.05, 0) is 29.8 Å². The standard InChI is InChI=1S/C23H18ClN3O5/c1-31-23(28)21(10-14-12-25-20-5-3-2-4-17(14)20)26-13-16-7-9-22(32-16)18-11-15(27(29)30)6-8-19(18)24/h2-9,11-13,21,25H,10H2,1H3/t21-/m1/s1. The third-order valence-corrected chi connectivity index (χ3v) is 5.33. The van der Waals surface area contributed by atoms with Crippen molar-refractivity contribution in [1.29, 1.82) is 0 Å². The molecule has 1 N–H and O–H groups in total. The molecule has 0 amide bonds. The van der Waals surface area contributed by atoms with Gasteiger partial charge in [0.1, 0.15) is 11.5 Å². The molecule has 32 heavy (non-hydrogen) atoms. The number of nitrogens with zero attached hydrogens (tertiary/aromatic N) is 2. The summed E-state index contributed by atoms with van der Waals surface area (Å²) >= 11 is 6.18. The molecule has 2 aromatic heterocycles. The van der Waals surface area contributed by atoms with Crippen LogP contribution in [0.15, 0.2) is 70.2 Å². The Morgan fingerprint density at radius 2 is 2.09 bits per heavy atom. The molecule has 162 valence electrons. The molecule has 0 bridgehead atoms. The van der Waals surface area contributed by atoms with Gasteiger partial charge in [-0.2, -0.15) is 0 Å². The van der Waals surface area contributed by atoms with Crippen molar-refractivity contribution >= 4 is 40.4 Å². The van der Waals surface area contributed by atoms with Crippen LogP contribution in [0.5, 0.6) is 0 Å². The highest BCUT2D eigenvalue weighted by Crippen LogP contribution is 2.32. The summed E-state index contributed by atoms with van der Waals surface area (Å²) in [5.74, 6) is 0.252. The average molecular weight is 452 g/mol. The summed E-state index contributed by atoms with van der Waals surface area (Å²) in [5, 5.41) is 12.4. The van der Waals surface area contributed by atoms with E-state index in [1.165, 1.54) is 31.5 Å². The first-order valence-electron chi connectivity index (χ1n) is 9.66. The maximum absolute atomic E-state index is 12.3. The molecule has 0 fully saturated rings. The van der Waals surface area contributed by atoms with E-state index >= 15 is 0 Å². The number of furan rings is 1. The van der Waals surface area contributed by atoms with E-state index < -0.39 is 16.9 Å². The molecule has 0 unspecified atom stereocenters. The molecule has 0 aliphatic carbocycles. The Labute approximate surface area is 187 Å². The Morgan fingerprint density at radius 3 is 2.88 bits per heavy atom. The van der Waals surface area contributed by atoms with Gasteiger partial charge in [-0.15, -0.1) is 0 Å². The molecule has 9 heteroatoms. The number of aromatic nitrogens is 1. The van der Waals surface area contributed by atoms with Crippen LogP contribution < -0.4 is 0 Å². The van der Waals surface area contributed by atoms with Gasteiger partial charge in [0.15, 0.2) is 6.04 Å². The van der Waals surface area contributed by atoms with Gasteiger partial charge in [0, 0.05) is 41.2 Å². The topological polar surface area (TPSA) is 111 Å². The van der Waals surface area contributed by atoms with Crippen molar-refractivity contribution in [1.82, 2.24) is 4.98 Å². The lowest BCUT2D eigenvalue weighted by molar-refractivity contribution is -0.384. The maximum Gasteiger partial charge on any atom is 0.330 e. The smallest absolute Gasteiger partial charge is 0.330 e. The number of non-ortho nitro benzene ring substituents is 1. The number of rotatable bonds is 7. The van der Waals surface area contributed by atoms with Crippen molar-refractivity contribution in [3.8, 4) is 11.3 Å². The minimum absolute atomic E-state index is 0.0968. The van der Waals surface area contributed by atoms with Gasteiger partial charge in [0.05, 0.1) is 23.3 Å². The summed E-state index contributed by atoms with van der Waals surface area (Å²) in [4.78, 5) is 30.4. The number of carbonyl (C=O) groups excluding carboxylic acids is 1. The molecule has 1 atom stereocenters. The largest absolute Gasteiger partial charge is 0.467 e. The number of para-hydroxylation sites is 1. The molecule has 0 saturated heterocycles. The van der Waals surface area contributed by atoms with Crippen LogP contribution in [0.4, 0.5) is 5.69 Å². The van der Waals surface area contributed by atoms with Gasteiger partial charge in [0.25, 0.3) is 5.69 Å². The van der Waals surface area contributed by atoms with E-state index in [0.29, 0.717) is 28.5 Å². The molecule has 0 radical (unpaired) electrons. The van der Waals surface area contributed by atoms with Crippen LogP contribution in [0.25, 0.3) is 22.2 Å². The zero-order valence-corrected chi connectivity index (χ0v) is 17.7. The van der Waals surface area contributed by atoms with E-state index in [2.05, 4.69) is 9.98 Å². The Kier molecular flexibility index (Phi) is 6.04. The number of nitro benzene ring substituents is 1. The van der Waals surface area contributed by atoms with Crippen molar-refractivity contribution in [3.63, 3.8) is 0 Å². The number of fused-ring (bicyclic) bond motifs is 1. The van der Waals surface area contributed by atoms with E-state index in [1.54, 1.807) is 12.1 Å². The van der Waals surface area contributed by atoms with E-state index in [1.807, 2.05) is 30.5 Å². The number of hydrogen-bond acceptors (Lipinski definition) is 6. The van der Waals surface area contributed by atoms with Gasteiger partial charge in [-0.1, -0.05) is 29.8 Å². The van der Waals surface area contributed by atoms with Gasteiger partial charge >= 0.3 is 5.97 Å². The zero-order chi connectivity index (χ0) is 22.7. The third kappa shape index (κ3) is 4.40. The molecular weight excluding hydrogens is 434 g/mol. The monoisotopic (exact) mass is 451 g/mol. The summed E-state index contributed by atoms with van der Waals surface area (Å²) in [6.45, 7) is 0. The predicted octanol–water partition coefficient (Wildman–Crippen LogP) is 5.19. The molecule has 4 rings (SSSR count). The first kappa shape index (κ1) is 21.3. The number of benzene rings is 2. The van der Waals surface area contributed by atoms with Gasteiger partial charge < -0.3 is 14.1 Å². The van der Waals surface area contributed by atoms with Crippen LogP contribution in [-0.2, 0) is 16.0 Å². The second-order valence-corrected chi connectivity index (χ2v) is 7.41. The number of aromatic amines is 1. The minimum atomic E-state index is -0.769. The first-order chi connectivity index (χ1) is 15.5. The van der Waals surface area contributed by atoms with Crippen LogP contribution in [0.3, 0.4) is 0 Å². The molecule has 0 aliphatic rings. The number of nitro groups is 1. The minimum Gasteiger partial charge on any atom is -0.467 e. The quantitative estimate of drug-likeness (QED) is 0.180. The van der Waals surface area contributed by atoms with Gasteiger partial charge in [-0.25, -0.2) is 4.79 Å². The van der Waals surface area contributed by atoms with Crippen molar-refractivity contribution in [2.75, 3.05) is 7.11 Å². The number of nitrogens with one attached hydrogen (secondary N) is 1. The normalized spacial score (nSPS) is 12.3. The fourth-order valence-electron chi connectivity index (χ4n) is 3.39. The lowest BCUT2D eigenvalue weighted by Gasteiger charge is -2.09. The summed E-state index contributed by atoms with van der Waals surface area (Å²) in [6.07, 6.45) is 3.63. The number of hydrogen-bond donors (Lipinski definition) is 1. The maximum atomic E-state index is 12.3. The molecule has 0 aliphatic heterocycles. The fraction of sp³-hybridized carbons (Fsp3) is 0.130. The van der Waals surface area contributed by atoms with E-state index in [9.17, 15) is 14.9 Å². The van der Waals surface area contributed by atoms with Crippen molar-refractivity contribution in [2.45, 2.75) is 12.5 Å². The summed E-state index contributed by atoms with van der Waals surface area (Å²) in [6, 6.07) is 14.4. The molecule has 2 aromatic carbocycles. The molecule has 8 nitrogen and oxygen atoms in total. The predicted molar refractivity (Wildman–Crippen MR) is 121 cm³/mol. The molecule has 0 spiro atoms. The summed E-state index contributed by atoms with van der Waals surface area (Å²) < 4.78 is 10.7. The Balaban J connectivity index is 1.58. The van der Waals surface area contributed by atoms with E-state index in [0.717, 1.165) is 16.5 Å². The fourth-order valence-corrected chi connectivity index (χ4v) is 3.60. The third-order valence-electron chi connectivity index (χ3n) is 5.00. The highest BCUT2D eigenvalue weighted by Gasteiger charge is 2.20. The lowest BCUT2D eigenvalue weighted by Crippen LogP contribution is -2.23. The first-order valence-corrected chi connectivity index (χ1v) is 10.0. The number of halogens is 1. The van der Waals surface area contributed by atoms with Crippen molar-refractivity contribution in [2.24, 2.45) is 4.99 Å². The Bertz CT molecular complexity index is 1320. The van der Waals surface area contributed by atoms with Crippen LogP contribution in [0.2, 0.25) is 5.02 Å². The average Bonchev–Trinajstić information content (AvgIpc) is 3.43.